The van der Waals surface area contributed by atoms with Crippen LogP contribution in [0.5, 0.6) is 0 Å². The number of carbonyl (C=O) groups excluding carboxylic acids is 1. The Morgan fingerprint density at radius 1 is 1.12 bits per heavy atom. The summed E-state index contributed by atoms with van der Waals surface area (Å²) in [4.78, 5) is 24.0. The van der Waals surface area contributed by atoms with E-state index in [9.17, 15) is 9.59 Å². The molecule has 0 aliphatic rings. The second-order valence-electron chi connectivity index (χ2n) is 5.46. The molecule has 0 bridgehead atoms. The van der Waals surface area contributed by atoms with E-state index in [1.807, 2.05) is 42.5 Å². The zero-order chi connectivity index (χ0) is 17.1. The number of hydrogen-bond acceptors (Lipinski definition) is 4. The Kier molecular flexibility index (Phi) is 4.42. The minimum absolute atomic E-state index is 0.265. The zero-order valence-corrected chi connectivity index (χ0v) is 13.6. The lowest BCUT2D eigenvalue weighted by Gasteiger charge is -2.14. The summed E-state index contributed by atoms with van der Waals surface area (Å²) >= 11 is 0. The summed E-state index contributed by atoms with van der Waals surface area (Å²) < 4.78 is 6.17. The van der Waals surface area contributed by atoms with Gasteiger partial charge in [0.05, 0.1) is 12.3 Å². The molecule has 0 saturated heterocycles. The van der Waals surface area contributed by atoms with E-state index in [0.717, 1.165) is 16.3 Å². The first-order chi connectivity index (χ1) is 11.6. The normalized spacial score (nSPS) is 12.1. The number of carbonyl (C=O) groups is 1. The van der Waals surface area contributed by atoms with Crippen molar-refractivity contribution in [1.82, 2.24) is 9.78 Å². The first kappa shape index (κ1) is 15.9. The molecule has 0 N–H and O–H groups in total. The predicted octanol–water partition coefficient (Wildman–Crippen LogP) is 3.19. The third-order valence-corrected chi connectivity index (χ3v) is 3.89. The highest BCUT2D eigenvalue weighted by Gasteiger charge is 2.19. The van der Waals surface area contributed by atoms with E-state index in [0.29, 0.717) is 5.69 Å². The van der Waals surface area contributed by atoms with Crippen LogP contribution in [0.4, 0.5) is 0 Å². The lowest BCUT2D eigenvalue weighted by molar-refractivity contribution is -0.147. The molecule has 1 heterocycles. The van der Waals surface area contributed by atoms with Crippen molar-refractivity contribution in [2.75, 3.05) is 6.61 Å². The van der Waals surface area contributed by atoms with Crippen molar-refractivity contribution in [3.05, 3.63) is 65.0 Å². The molecule has 5 nitrogen and oxygen atoms in total. The third-order valence-electron chi connectivity index (χ3n) is 3.89. The smallest absolute Gasteiger partial charge is 0.330 e. The second kappa shape index (κ2) is 6.66. The maximum Gasteiger partial charge on any atom is 0.330 e. The molecule has 0 unspecified atom stereocenters. The monoisotopic (exact) mass is 322 g/mol. The Morgan fingerprint density at radius 2 is 1.88 bits per heavy atom. The molecule has 0 spiro atoms. The van der Waals surface area contributed by atoms with Crippen LogP contribution >= 0.6 is 0 Å². The van der Waals surface area contributed by atoms with Crippen molar-refractivity contribution < 1.29 is 9.53 Å². The van der Waals surface area contributed by atoms with Gasteiger partial charge < -0.3 is 4.74 Å². The summed E-state index contributed by atoms with van der Waals surface area (Å²) in [6.45, 7) is 3.60. The van der Waals surface area contributed by atoms with Crippen molar-refractivity contribution in [2.24, 2.45) is 0 Å². The Labute approximate surface area is 139 Å². The van der Waals surface area contributed by atoms with Crippen LogP contribution < -0.4 is 5.56 Å². The largest absolute Gasteiger partial charge is 0.464 e. The molecule has 1 aromatic heterocycles. The summed E-state index contributed by atoms with van der Waals surface area (Å²) in [6, 6.07) is 16.2. The van der Waals surface area contributed by atoms with Crippen LogP contribution in [0.1, 0.15) is 19.9 Å². The number of hydrogen-bond donors (Lipinski definition) is 0. The molecule has 5 heteroatoms. The van der Waals surface area contributed by atoms with E-state index in [-0.39, 0.29) is 12.2 Å². The summed E-state index contributed by atoms with van der Waals surface area (Å²) in [5, 5.41) is 6.53. The summed E-state index contributed by atoms with van der Waals surface area (Å²) in [6.07, 6.45) is 0. The van der Waals surface area contributed by atoms with E-state index < -0.39 is 12.0 Å². The van der Waals surface area contributed by atoms with Crippen molar-refractivity contribution in [2.45, 2.75) is 19.9 Å². The lowest BCUT2D eigenvalue weighted by Crippen LogP contribution is -2.31. The van der Waals surface area contributed by atoms with E-state index in [1.54, 1.807) is 19.9 Å². The number of benzene rings is 2. The van der Waals surface area contributed by atoms with E-state index in [4.69, 9.17) is 4.74 Å². The molecular weight excluding hydrogens is 304 g/mol. The summed E-state index contributed by atoms with van der Waals surface area (Å²) in [5.41, 5.74) is 1.22. The molecule has 0 saturated carbocycles. The van der Waals surface area contributed by atoms with Crippen LogP contribution in [0.2, 0.25) is 0 Å². The van der Waals surface area contributed by atoms with Crippen molar-refractivity contribution >= 4 is 16.7 Å². The Balaban J connectivity index is 2.11. The lowest BCUT2D eigenvalue weighted by atomic mass is 10.0. The molecular formula is C19H18N2O3. The quantitative estimate of drug-likeness (QED) is 0.692. The van der Waals surface area contributed by atoms with Gasteiger partial charge in [-0.05, 0) is 30.7 Å². The molecule has 3 aromatic rings. The van der Waals surface area contributed by atoms with E-state index in [1.165, 1.54) is 10.7 Å². The molecule has 122 valence electrons. The molecule has 3 rings (SSSR count). The van der Waals surface area contributed by atoms with Gasteiger partial charge in [0.25, 0.3) is 5.56 Å². The van der Waals surface area contributed by atoms with Gasteiger partial charge in [-0.1, -0.05) is 42.5 Å². The highest BCUT2D eigenvalue weighted by atomic mass is 16.5. The molecule has 0 amide bonds. The van der Waals surface area contributed by atoms with Gasteiger partial charge in [-0.25, -0.2) is 9.48 Å². The molecule has 0 fully saturated rings. The fourth-order valence-corrected chi connectivity index (χ4v) is 2.66. The van der Waals surface area contributed by atoms with Gasteiger partial charge in [-0.15, -0.1) is 0 Å². The topological polar surface area (TPSA) is 61.2 Å². The van der Waals surface area contributed by atoms with Crippen LogP contribution in [-0.4, -0.2) is 22.4 Å². The average Bonchev–Trinajstić information content (AvgIpc) is 2.61. The van der Waals surface area contributed by atoms with Gasteiger partial charge >= 0.3 is 5.97 Å². The van der Waals surface area contributed by atoms with Crippen LogP contribution in [0.3, 0.4) is 0 Å². The maximum absolute atomic E-state index is 12.1. The Hall–Kier alpha value is -2.95. The minimum atomic E-state index is -0.771. The number of ether oxygens (including phenoxy) is 1. The van der Waals surface area contributed by atoms with Crippen molar-refractivity contribution in [1.29, 1.82) is 0 Å². The Bertz CT molecular complexity index is 941. The standard InChI is InChI=1S/C19H18N2O3/c1-3-24-19(23)13(2)21-18(22)12-11-17(20-21)16-10-6-8-14-7-4-5-9-15(14)16/h4-13H,3H2,1-2H3/t13-/m1/s1. The van der Waals surface area contributed by atoms with Gasteiger partial charge in [0.2, 0.25) is 0 Å². The predicted molar refractivity (Wildman–Crippen MR) is 92.8 cm³/mol. The SMILES string of the molecule is CCOC(=O)[C@@H](C)n1nc(-c2cccc3ccccc23)ccc1=O. The number of aromatic nitrogens is 2. The van der Waals surface area contributed by atoms with Crippen LogP contribution in [-0.2, 0) is 9.53 Å². The number of fused-ring (bicyclic) bond motifs is 1. The molecule has 24 heavy (non-hydrogen) atoms. The first-order valence-electron chi connectivity index (χ1n) is 7.86. The fraction of sp³-hybridized carbons (Fsp3) is 0.211. The van der Waals surface area contributed by atoms with Gasteiger partial charge in [0.15, 0.2) is 6.04 Å². The molecule has 0 radical (unpaired) electrons. The zero-order valence-electron chi connectivity index (χ0n) is 13.6. The fourth-order valence-electron chi connectivity index (χ4n) is 2.66. The van der Waals surface area contributed by atoms with Crippen molar-refractivity contribution in [3.63, 3.8) is 0 Å². The van der Waals surface area contributed by atoms with Gasteiger partial charge in [-0.3, -0.25) is 4.79 Å². The minimum Gasteiger partial charge on any atom is -0.464 e. The first-order valence-corrected chi connectivity index (χ1v) is 7.86. The van der Waals surface area contributed by atoms with Crippen LogP contribution in [0.15, 0.2) is 59.4 Å². The molecule has 2 aromatic carbocycles. The van der Waals surface area contributed by atoms with E-state index in [2.05, 4.69) is 5.10 Å². The van der Waals surface area contributed by atoms with Crippen LogP contribution in [0.25, 0.3) is 22.0 Å². The molecule has 0 aliphatic carbocycles. The molecule has 0 aliphatic heterocycles. The number of nitrogens with zero attached hydrogens (tertiary/aromatic N) is 2. The van der Waals surface area contributed by atoms with Crippen LogP contribution in [0, 0.1) is 0 Å². The number of esters is 1. The second-order valence-corrected chi connectivity index (χ2v) is 5.46. The Morgan fingerprint density at radius 3 is 2.67 bits per heavy atom. The highest BCUT2D eigenvalue weighted by Crippen LogP contribution is 2.26. The van der Waals surface area contributed by atoms with Gasteiger partial charge in [0.1, 0.15) is 0 Å². The molecule has 1 atom stereocenters. The van der Waals surface area contributed by atoms with E-state index >= 15 is 0 Å². The maximum atomic E-state index is 12.1. The van der Waals surface area contributed by atoms with Gasteiger partial charge in [-0.2, -0.15) is 5.10 Å². The van der Waals surface area contributed by atoms with Crippen molar-refractivity contribution in [3.8, 4) is 11.3 Å². The summed E-state index contributed by atoms with van der Waals surface area (Å²) in [5.74, 6) is -0.470. The van der Waals surface area contributed by atoms with Gasteiger partial charge in [0, 0.05) is 11.6 Å². The third kappa shape index (κ3) is 2.93. The number of rotatable bonds is 4. The summed E-state index contributed by atoms with van der Waals surface area (Å²) in [7, 11) is 0. The average molecular weight is 322 g/mol. The highest BCUT2D eigenvalue weighted by molar-refractivity contribution is 5.95.